The summed E-state index contributed by atoms with van der Waals surface area (Å²) in [6, 6.07) is 5.93. The third kappa shape index (κ3) is 11.9. The van der Waals surface area contributed by atoms with Crippen molar-refractivity contribution < 1.29 is 0 Å². The lowest BCUT2D eigenvalue weighted by Crippen LogP contribution is -2.17. The molecule has 0 spiro atoms. The van der Waals surface area contributed by atoms with Crippen LogP contribution >= 0.6 is 0 Å². The summed E-state index contributed by atoms with van der Waals surface area (Å²) in [5.74, 6) is 1.11. The number of rotatable bonds is 3. The highest BCUT2D eigenvalue weighted by atomic mass is 15.3. The monoisotopic (exact) mass is 491 g/mol. The van der Waals surface area contributed by atoms with Crippen LogP contribution in [0.1, 0.15) is 79.8 Å². The molecule has 36 heavy (non-hydrogen) atoms. The molecule has 0 aromatic carbocycles. The molecular weight excluding hydrogens is 454 g/mol. The van der Waals surface area contributed by atoms with Gasteiger partial charge in [0, 0.05) is 32.0 Å². The van der Waals surface area contributed by atoms with Gasteiger partial charge in [0.25, 0.3) is 5.82 Å². The van der Waals surface area contributed by atoms with Gasteiger partial charge in [0.2, 0.25) is 11.6 Å². The predicted molar refractivity (Wildman–Crippen MR) is 135 cm³/mol. The smallest absolute Gasteiger partial charge is 0.252 e. The van der Waals surface area contributed by atoms with E-state index in [1.54, 1.807) is 21.9 Å². The van der Waals surface area contributed by atoms with Crippen LogP contribution in [-0.2, 0) is 19.6 Å². The van der Waals surface area contributed by atoms with Crippen LogP contribution in [0.4, 0.5) is 0 Å². The van der Waals surface area contributed by atoms with Crippen molar-refractivity contribution in [1.29, 1.82) is 15.8 Å². The maximum atomic E-state index is 8.67. The van der Waals surface area contributed by atoms with Gasteiger partial charge < -0.3 is 4.57 Å². The van der Waals surface area contributed by atoms with Gasteiger partial charge in [0.1, 0.15) is 30.9 Å². The summed E-state index contributed by atoms with van der Waals surface area (Å²) in [5, 5.41) is 33.7. The molecule has 0 saturated heterocycles. The second kappa shape index (κ2) is 12.6. The fourth-order valence-corrected chi connectivity index (χ4v) is 2.88. The van der Waals surface area contributed by atoms with Crippen LogP contribution in [0.15, 0.2) is 25.0 Å². The zero-order valence-corrected chi connectivity index (χ0v) is 22.9. The number of imidazole rings is 1. The van der Waals surface area contributed by atoms with Crippen molar-refractivity contribution in [2.24, 2.45) is 16.2 Å². The first-order valence-electron chi connectivity index (χ1n) is 11.6. The Hall–Kier alpha value is -4.04. The molecule has 0 atom stereocenters. The molecule has 0 unspecified atom stereocenters. The number of hydrogen-bond donors (Lipinski definition) is 0. The Balaban J connectivity index is 0.000000270. The van der Waals surface area contributed by atoms with Gasteiger partial charge in [0.15, 0.2) is 0 Å². The summed E-state index contributed by atoms with van der Waals surface area (Å²) >= 11 is 0. The molecule has 0 radical (unpaired) electrons. The van der Waals surface area contributed by atoms with Gasteiger partial charge in [-0.2, -0.15) is 20.9 Å². The van der Waals surface area contributed by atoms with Crippen molar-refractivity contribution in [1.82, 2.24) is 39.1 Å². The molecule has 0 aliphatic heterocycles. The first kappa shape index (κ1) is 30.0. The largest absolute Gasteiger partial charge is 0.322 e. The molecule has 3 rings (SSSR count). The normalized spacial score (nSPS) is 11.2. The van der Waals surface area contributed by atoms with Crippen LogP contribution < -0.4 is 0 Å². The fraction of sp³-hybridized carbons (Fsp3) is 0.600. The van der Waals surface area contributed by atoms with E-state index in [1.807, 2.05) is 22.9 Å². The quantitative estimate of drug-likeness (QED) is 0.529. The molecule has 3 heterocycles. The summed E-state index contributed by atoms with van der Waals surface area (Å²) in [7, 11) is 0. The van der Waals surface area contributed by atoms with Crippen molar-refractivity contribution in [2.45, 2.75) is 81.9 Å². The molecule has 192 valence electrons. The van der Waals surface area contributed by atoms with E-state index in [4.69, 9.17) is 15.8 Å². The lowest BCUT2D eigenvalue weighted by Gasteiger charge is -2.18. The topological polar surface area (TPSA) is 151 Å². The molecule has 3 aromatic heterocycles. The van der Waals surface area contributed by atoms with Crippen molar-refractivity contribution in [3.8, 4) is 18.2 Å². The summed E-state index contributed by atoms with van der Waals surface area (Å²) in [4.78, 5) is 11.5. The van der Waals surface area contributed by atoms with E-state index in [0.717, 1.165) is 19.6 Å². The average molecular weight is 492 g/mol. The molecule has 3 aromatic rings. The third-order valence-electron chi connectivity index (χ3n) is 4.07. The molecule has 0 amide bonds. The summed E-state index contributed by atoms with van der Waals surface area (Å²) < 4.78 is 5.19. The Morgan fingerprint density at radius 2 is 1.31 bits per heavy atom. The molecule has 0 aliphatic carbocycles. The van der Waals surface area contributed by atoms with Gasteiger partial charge in [-0.1, -0.05) is 62.3 Å². The zero-order chi connectivity index (χ0) is 27.6. The minimum atomic E-state index is 0.124. The highest BCUT2D eigenvalue weighted by Crippen LogP contribution is 2.17. The number of hydrogen-bond acceptors (Lipinski definition) is 8. The van der Waals surface area contributed by atoms with Crippen LogP contribution in [-0.4, -0.2) is 39.1 Å². The minimum Gasteiger partial charge on any atom is -0.322 e. The highest BCUT2D eigenvalue weighted by molar-refractivity contribution is 5.11. The van der Waals surface area contributed by atoms with Crippen molar-refractivity contribution in [3.05, 3.63) is 42.5 Å². The van der Waals surface area contributed by atoms with Crippen molar-refractivity contribution >= 4 is 0 Å². The van der Waals surface area contributed by atoms with Crippen LogP contribution in [0.5, 0.6) is 0 Å². The lowest BCUT2D eigenvalue weighted by atomic mass is 9.97. The SMILES string of the molecule is CC(C)(C)Cn1ccnc1C#N.CC(C)(C)Cn1cnc(C#N)n1.CC(C)(C)Cn1ncnc1C#N. The number of nitriles is 3. The Bertz CT molecular complexity index is 1140. The van der Waals surface area contributed by atoms with Gasteiger partial charge in [0.05, 0.1) is 0 Å². The Morgan fingerprint density at radius 1 is 0.722 bits per heavy atom. The standard InChI is InChI=1S/C9H13N3.2C8H12N4/c1-9(2,3)7-12-5-4-11-8(12)6-10;1-8(2,3)5-12-6-10-7(4-9)11-12;1-8(2,3)5-12-7(4-9)10-6-11-12/h4-5H,7H2,1-3H3;2*6H,5H2,1-3H3. The zero-order valence-electron chi connectivity index (χ0n) is 22.9. The minimum absolute atomic E-state index is 0.124. The predicted octanol–water partition coefficient (Wildman–Crippen LogP) is 4.19. The average Bonchev–Trinajstić information content (AvgIpc) is 3.46. The second-order valence-corrected chi connectivity index (χ2v) is 11.9. The van der Waals surface area contributed by atoms with Crippen LogP contribution in [0.2, 0.25) is 0 Å². The van der Waals surface area contributed by atoms with E-state index in [2.05, 4.69) is 93.5 Å². The van der Waals surface area contributed by atoms with E-state index in [9.17, 15) is 0 Å². The molecule has 11 nitrogen and oxygen atoms in total. The molecule has 11 heteroatoms. The van der Waals surface area contributed by atoms with E-state index in [1.165, 1.54) is 6.33 Å². The number of aromatic nitrogens is 8. The van der Waals surface area contributed by atoms with E-state index < -0.39 is 0 Å². The third-order valence-corrected chi connectivity index (χ3v) is 4.07. The second-order valence-electron chi connectivity index (χ2n) is 11.9. The van der Waals surface area contributed by atoms with Gasteiger partial charge in [-0.25, -0.2) is 19.6 Å². The first-order valence-corrected chi connectivity index (χ1v) is 11.6. The van der Waals surface area contributed by atoms with Gasteiger partial charge in [-0.05, 0) is 16.2 Å². The van der Waals surface area contributed by atoms with Gasteiger partial charge in [-0.15, -0.1) is 5.10 Å². The van der Waals surface area contributed by atoms with Crippen LogP contribution in [0.25, 0.3) is 0 Å². The molecular formula is C25H37N11. The van der Waals surface area contributed by atoms with Crippen LogP contribution in [0.3, 0.4) is 0 Å². The molecule has 0 N–H and O–H groups in total. The van der Waals surface area contributed by atoms with Crippen LogP contribution in [0, 0.1) is 50.2 Å². The molecule has 0 fully saturated rings. The molecule has 0 saturated carbocycles. The Kier molecular flexibility index (Phi) is 10.5. The van der Waals surface area contributed by atoms with E-state index in [0.29, 0.717) is 11.6 Å². The van der Waals surface area contributed by atoms with E-state index in [-0.39, 0.29) is 22.1 Å². The van der Waals surface area contributed by atoms with Gasteiger partial charge in [-0.3, -0.25) is 4.68 Å². The Labute approximate surface area is 214 Å². The maximum Gasteiger partial charge on any atom is 0.252 e. The van der Waals surface area contributed by atoms with Crippen molar-refractivity contribution in [3.63, 3.8) is 0 Å². The summed E-state index contributed by atoms with van der Waals surface area (Å²) in [6.45, 7) is 21.3. The first-order chi connectivity index (χ1) is 16.6. The van der Waals surface area contributed by atoms with Gasteiger partial charge >= 0.3 is 0 Å². The molecule has 0 aliphatic rings. The van der Waals surface area contributed by atoms with E-state index >= 15 is 0 Å². The highest BCUT2D eigenvalue weighted by Gasteiger charge is 2.15. The summed E-state index contributed by atoms with van der Waals surface area (Å²) in [6.07, 6.45) is 6.49. The Morgan fingerprint density at radius 3 is 1.78 bits per heavy atom. The maximum absolute atomic E-state index is 8.67. The lowest BCUT2D eigenvalue weighted by molar-refractivity contribution is 0.323. The number of nitrogens with zero attached hydrogens (tertiary/aromatic N) is 11. The fourth-order valence-electron chi connectivity index (χ4n) is 2.88. The molecule has 0 bridgehead atoms. The summed E-state index contributed by atoms with van der Waals surface area (Å²) in [5.41, 5.74) is 0.478. The van der Waals surface area contributed by atoms with Crippen molar-refractivity contribution in [2.75, 3.05) is 0 Å².